The largest absolute Gasteiger partial charge is 0.283 e. The molecule has 3 aromatic carbocycles. The normalized spacial score (nSPS) is 11.9. The fourth-order valence-corrected chi connectivity index (χ4v) is 5.90. The van der Waals surface area contributed by atoms with Gasteiger partial charge in [-0.25, -0.2) is 16.8 Å². The van der Waals surface area contributed by atoms with Crippen molar-refractivity contribution in [2.45, 2.75) is 24.5 Å². The lowest BCUT2D eigenvalue weighted by Crippen LogP contribution is -2.16. The Kier molecular flexibility index (Phi) is 6.85. The first-order chi connectivity index (χ1) is 14.5. The van der Waals surface area contributed by atoms with Crippen LogP contribution in [0.3, 0.4) is 0 Å². The number of hydrogen-bond donors (Lipinski definition) is 2. The fraction of sp³-hybridized carbons (Fsp3) is 0.143. The van der Waals surface area contributed by atoms with Gasteiger partial charge < -0.3 is 0 Å². The summed E-state index contributed by atoms with van der Waals surface area (Å²) in [5.41, 5.74) is 2.70. The van der Waals surface area contributed by atoms with Gasteiger partial charge in [-0.2, -0.15) is 0 Å². The van der Waals surface area contributed by atoms with E-state index in [1.54, 1.807) is 31.2 Å². The standard InChI is InChI=1S/C21H20Cl2N2O4S2/c1-14-6-7-15(2)21(12-14)25-31(28,29)17-10-8-16(9-11-17)24-30(26,27)13-18-19(22)4-3-5-20(18)23/h3-12,24-25H,13H2,1-2H3. The number of hydrogen-bond acceptors (Lipinski definition) is 4. The van der Waals surface area contributed by atoms with Crippen molar-refractivity contribution in [2.24, 2.45) is 0 Å². The molecule has 31 heavy (non-hydrogen) atoms. The lowest BCUT2D eigenvalue weighted by molar-refractivity contribution is 0.599. The maximum absolute atomic E-state index is 12.7. The molecular weight excluding hydrogens is 479 g/mol. The van der Waals surface area contributed by atoms with Gasteiger partial charge in [0.1, 0.15) is 0 Å². The molecule has 0 radical (unpaired) electrons. The molecule has 0 bridgehead atoms. The molecule has 0 fully saturated rings. The summed E-state index contributed by atoms with van der Waals surface area (Å²) < 4.78 is 55.4. The molecule has 3 rings (SSSR count). The van der Waals surface area contributed by atoms with E-state index in [1.165, 1.54) is 24.3 Å². The third-order valence-corrected chi connectivity index (χ3v) is 7.78. The van der Waals surface area contributed by atoms with E-state index in [0.29, 0.717) is 5.69 Å². The minimum atomic E-state index is -3.83. The van der Waals surface area contributed by atoms with Gasteiger partial charge in [0.15, 0.2) is 0 Å². The predicted octanol–water partition coefficient (Wildman–Crippen LogP) is 5.35. The first-order valence-electron chi connectivity index (χ1n) is 9.10. The number of anilines is 2. The number of nitrogens with one attached hydrogen (secondary N) is 2. The monoisotopic (exact) mass is 498 g/mol. The van der Waals surface area contributed by atoms with Gasteiger partial charge in [0.2, 0.25) is 10.0 Å². The Balaban J connectivity index is 1.77. The van der Waals surface area contributed by atoms with Crippen LogP contribution >= 0.6 is 23.2 Å². The van der Waals surface area contributed by atoms with Crippen molar-refractivity contribution in [3.05, 3.63) is 87.4 Å². The molecule has 164 valence electrons. The zero-order chi connectivity index (χ0) is 22.8. The van der Waals surface area contributed by atoms with Crippen molar-refractivity contribution in [1.29, 1.82) is 0 Å². The van der Waals surface area contributed by atoms with Crippen molar-refractivity contribution < 1.29 is 16.8 Å². The average molecular weight is 499 g/mol. The van der Waals surface area contributed by atoms with E-state index in [-0.39, 0.29) is 26.2 Å². The summed E-state index contributed by atoms with van der Waals surface area (Å²) in [5, 5.41) is 0.494. The molecule has 0 aliphatic rings. The van der Waals surface area contributed by atoms with Crippen LogP contribution in [0.15, 0.2) is 65.6 Å². The molecule has 0 aromatic heterocycles. The van der Waals surface area contributed by atoms with Gasteiger partial charge in [-0.3, -0.25) is 9.44 Å². The molecule has 2 N–H and O–H groups in total. The van der Waals surface area contributed by atoms with Crippen LogP contribution in [0.1, 0.15) is 16.7 Å². The first-order valence-corrected chi connectivity index (χ1v) is 13.0. The van der Waals surface area contributed by atoms with Crippen LogP contribution in [0.25, 0.3) is 0 Å². The Bertz CT molecular complexity index is 1300. The molecule has 6 nitrogen and oxygen atoms in total. The Hall–Kier alpha value is -2.26. The highest BCUT2D eigenvalue weighted by atomic mass is 35.5. The van der Waals surface area contributed by atoms with Gasteiger partial charge in [0.05, 0.1) is 16.3 Å². The third-order valence-electron chi connectivity index (χ3n) is 4.47. The SMILES string of the molecule is Cc1ccc(C)c(NS(=O)(=O)c2ccc(NS(=O)(=O)Cc3c(Cl)cccc3Cl)cc2)c1. The zero-order valence-corrected chi connectivity index (χ0v) is 19.8. The smallest absolute Gasteiger partial charge is 0.261 e. The van der Waals surface area contributed by atoms with Crippen molar-refractivity contribution >= 4 is 54.6 Å². The topological polar surface area (TPSA) is 92.3 Å². The number of halogens is 2. The van der Waals surface area contributed by atoms with Crippen molar-refractivity contribution in [3.63, 3.8) is 0 Å². The molecule has 0 aliphatic heterocycles. The summed E-state index contributed by atoms with van der Waals surface area (Å²) in [5.74, 6) is -0.417. The maximum atomic E-state index is 12.7. The minimum Gasteiger partial charge on any atom is -0.283 e. The summed E-state index contributed by atoms with van der Waals surface area (Å²) in [6.07, 6.45) is 0. The Labute approximate surface area is 192 Å². The van der Waals surface area contributed by atoms with E-state index >= 15 is 0 Å². The second-order valence-corrected chi connectivity index (χ2v) is 11.2. The minimum absolute atomic E-state index is 0.00509. The molecule has 0 atom stereocenters. The fourth-order valence-electron chi connectivity index (χ4n) is 2.83. The lowest BCUT2D eigenvalue weighted by Gasteiger charge is -2.13. The van der Waals surface area contributed by atoms with E-state index in [1.807, 2.05) is 19.1 Å². The van der Waals surface area contributed by atoms with Crippen LogP contribution in [-0.2, 0) is 25.8 Å². The zero-order valence-electron chi connectivity index (χ0n) is 16.7. The second kappa shape index (κ2) is 9.08. The summed E-state index contributed by atoms with van der Waals surface area (Å²) in [4.78, 5) is 0.00509. The van der Waals surface area contributed by atoms with E-state index in [0.717, 1.165) is 11.1 Å². The Morgan fingerprint density at radius 1 is 0.806 bits per heavy atom. The highest BCUT2D eigenvalue weighted by molar-refractivity contribution is 7.92. The highest BCUT2D eigenvalue weighted by Gasteiger charge is 2.19. The van der Waals surface area contributed by atoms with E-state index in [4.69, 9.17) is 23.2 Å². The van der Waals surface area contributed by atoms with Gasteiger partial charge in [-0.05, 0) is 67.4 Å². The molecule has 0 saturated heterocycles. The molecule has 0 unspecified atom stereocenters. The van der Waals surface area contributed by atoms with E-state index in [9.17, 15) is 16.8 Å². The quantitative estimate of drug-likeness (QED) is 0.458. The van der Waals surface area contributed by atoms with Gasteiger partial charge in [-0.15, -0.1) is 0 Å². The van der Waals surface area contributed by atoms with Gasteiger partial charge in [-0.1, -0.05) is 41.4 Å². The maximum Gasteiger partial charge on any atom is 0.261 e. The van der Waals surface area contributed by atoms with Crippen LogP contribution in [0, 0.1) is 13.8 Å². The Morgan fingerprint density at radius 3 is 2.03 bits per heavy atom. The highest BCUT2D eigenvalue weighted by Crippen LogP contribution is 2.27. The van der Waals surface area contributed by atoms with Crippen LogP contribution < -0.4 is 9.44 Å². The molecule has 0 amide bonds. The van der Waals surface area contributed by atoms with Crippen LogP contribution in [0.5, 0.6) is 0 Å². The molecule has 3 aromatic rings. The first kappa shape index (κ1) is 23.4. The summed E-state index contributed by atoms with van der Waals surface area (Å²) in [6.45, 7) is 3.67. The van der Waals surface area contributed by atoms with Gasteiger partial charge >= 0.3 is 0 Å². The summed E-state index contributed by atoms with van der Waals surface area (Å²) in [6, 6.07) is 15.6. The van der Waals surface area contributed by atoms with Crippen LogP contribution in [0.2, 0.25) is 10.0 Å². The van der Waals surface area contributed by atoms with Crippen LogP contribution in [0.4, 0.5) is 11.4 Å². The summed E-state index contributed by atoms with van der Waals surface area (Å²) in [7, 11) is -7.66. The third kappa shape index (κ3) is 5.92. The summed E-state index contributed by atoms with van der Waals surface area (Å²) >= 11 is 12.1. The van der Waals surface area contributed by atoms with Crippen molar-refractivity contribution in [2.75, 3.05) is 9.44 Å². The molecular formula is C21H20Cl2N2O4S2. The number of sulfonamides is 2. The van der Waals surface area contributed by atoms with E-state index in [2.05, 4.69) is 9.44 Å². The predicted molar refractivity (Wildman–Crippen MR) is 126 cm³/mol. The number of rotatable bonds is 7. The van der Waals surface area contributed by atoms with Crippen LogP contribution in [-0.4, -0.2) is 16.8 Å². The Morgan fingerprint density at radius 2 is 1.42 bits per heavy atom. The lowest BCUT2D eigenvalue weighted by atomic mass is 10.1. The number of benzene rings is 3. The molecule has 0 saturated carbocycles. The van der Waals surface area contributed by atoms with Crippen molar-refractivity contribution in [3.8, 4) is 0 Å². The number of aryl methyl sites for hydroxylation is 2. The molecule has 0 heterocycles. The van der Waals surface area contributed by atoms with Gasteiger partial charge in [0, 0.05) is 21.3 Å². The molecule has 10 heteroatoms. The second-order valence-electron chi connectivity index (χ2n) is 7.01. The molecule has 0 aliphatic carbocycles. The van der Waals surface area contributed by atoms with E-state index < -0.39 is 25.8 Å². The molecule has 0 spiro atoms. The van der Waals surface area contributed by atoms with Gasteiger partial charge in [0.25, 0.3) is 10.0 Å². The van der Waals surface area contributed by atoms with Crippen molar-refractivity contribution in [1.82, 2.24) is 0 Å². The average Bonchev–Trinajstić information content (AvgIpc) is 2.68.